The van der Waals surface area contributed by atoms with Crippen LogP contribution in [0.5, 0.6) is 0 Å². The molecule has 1 atom stereocenters. The molecule has 0 aromatic carbocycles. The van der Waals surface area contributed by atoms with E-state index >= 15 is 0 Å². The van der Waals surface area contributed by atoms with Gasteiger partial charge < -0.3 is 5.73 Å². The highest BCUT2D eigenvalue weighted by Crippen LogP contribution is 2.33. The fourth-order valence-corrected chi connectivity index (χ4v) is 2.41. The van der Waals surface area contributed by atoms with Gasteiger partial charge in [0, 0.05) is 12.2 Å². The summed E-state index contributed by atoms with van der Waals surface area (Å²) in [6.07, 6.45) is 7.10. The zero-order chi connectivity index (χ0) is 9.97. The van der Waals surface area contributed by atoms with Gasteiger partial charge in [0.2, 0.25) is 0 Å². The smallest absolute Gasteiger partial charge is 0.106 e. The topological polar surface area (TPSA) is 38.9 Å². The Morgan fingerprint density at radius 2 is 2.00 bits per heavy atom. The molecule has 0 radical (unpaired) electrons. The summed E-state index contributed by atoms with van der Waals surface area (Å²) in [5.74, 6) is 0.665. The lowest BCUT2D eigenvalue weighted by Gasteiger charge is -2.18. The molecule has 1 fully saturated rings. The minimum Gasteiger partial charge on any atom is -0.324 e. The Hall–Kier alpha value is -0.120. The molecule has 1 heterocycles. The van der Waals surface area contributed by atoms with Crippen molar-refractivity contribution in [3.63, 3.8) is 0 Å². The minimum absolute atomic E-state index is 0. The van der Waals surface area contributed by atoms with Crippen molar-refractivity contribution in [2.24, 2.45) is 11.7 Å². The van der Waals surface area contributed by atoms with Crippen molar-refractivity contribution in [3.8, 4) is 0 Å². The van der Waals surface area contributed by atoms with Gasteiger partial charge in [0.25, 0.3) is 0 Å². The van der Waals surface area contributed by atoms with Crippen molar-refractivity contribution >= 4 is 28.3 Å². The number of nitrogens with two attached hydrogens (primary N) is 1. The Morgan fingerprint density at radius 1 is 1.33 bits per heavy atom. The van der Waals surface area contributed by atoms with Crippen LogP contribution >= 0.6 is 28.3 Å². The van der Waals surface area contributed by atoms with Gasteiger partial charge in [-0.2, -0.15) is 0 Å². The van der Waals surface area contributed by atoms with Crippen molar-refractivity contribution in [2.45, 2.75) is 31.7 Å². The van der Waals surface area contributed by atoms with E-state index in [9.17, 15) is 0 Å². The van der Waals surface area contributed by atoms with E-state index in [1.807, 2.05) is 12.3 Å². The van der Waals surface area contributed by atoms with E-state index in [-0.39, 0.29) is 18.4 Å². The molecule has 1 aliphatic carbocycles. The third-order valence-electron chi connectivity index (χ3n) is 3.04. The number of aromatic nitrogens is 1. The summed E-state index contributed by atoms with van der Waals surface area (Å²) in [6.45, 7) is 0. The highest BCUT2D eigenvalue weighted by atomic mass is 79.9. The first-order chi connectivity index (χ1) is 6.77. The Labute approximate surface area is 105 Å². The first-order valence-corrected chi connectivity index (χ1v) is 5.93. The SMILES string of the molecule is Cl.N[C@H](c1ccc(Br)nc1)C1CCCC1. The van der Waals surface area contributed by atoms with Gasteiger partial charge in [-0.25, -0.2) is 4.98 Å². The molecule has 1 saturated carbocycles. The zero-order valence-electron chi connectivity index (χ0n) is 8.53. The van der Waals surface area contributed by atoms with E-state index in [1.54, 1.807) is 0 Å². The van der Waals surface area contributed by atoms with Crippen LogP contribution in [0.1, 0.15) is 37.3 Å². The number of pyridine rings is 1. The van der Waals surface area contributed by atoms with E-state index in [1.165, 1.54) is 31.2 Å². The maximum Gasteiger partial charge on any atom is 0.106 e. The zero-order valence-corrected chi connectivity index (χ0v) is 10.9. The van der Waals surface area contributed by atoms with Crippen molar-refractivity contribution in [2.75, 3.05) is 0 Å². The number of halogens is 2. The molecule has 0 unspecified atom stereocenters. The molecule has 0 spiro atoms. The van der Waals surface area contributed by atoms with Crippen LogP contribution in [-0.4, -0.2) is 4.98 Å². The summed E-state index contributed by atoms with van der Waals surface area (Å²) in [4.78, 5) is 4.21. The first kappa shape index (κ1) is 12.9. The van der Waals surface area contributed by atoms with E-state index in [0.29, 0.717) is 5.92 Å². The van der Waals surface area contributed by atoms with Crippen LogP contribution in [0.15, 0.2) is 22.9 Å². The maximum absolute atomic E-state index is 6.20. The minimum atomic E-state index is 0. The molecule has 0 amide bonds. The highest BCUT2D eigenvalue weighted by Gasteiger charge is 2.23. The standard InChI is InChI=1S/C11H15BrN2.ClH/c12-10-6-5-9(7-14-10)11(13)8-3-1-2-4-8;/h5-8,11H,1-4,13H2;1H/t11-;/m0./s1. The second-order valence-electron chi connectivity index (χ2n) is 3.98. The molecular weight excluding hydrogens is 275 g/mol. The number of nitrogens with zero attached hydrogens (tertiary/aromatic N) is 1. The summed E-state index contributed by atoms with van der Waals surface area (Å²) in [7, 11) is 0. The average molecular weight is 292 g/mol. The van der Waals surface area contributed by atoms with Crippen LogP contribution in [0.25, 0.3) is 0 Å². The van der Waals surface area contributed by atoms with E-state index in [0.717, 1.165) is 4.60 Å². The monoisotopic (exact) mass is 290 g/mol. The second kappa shape index (κ2) is 5.83. The normalized spacial score (nSPS) is 18.5. The number of hydrogen-bond donors (Lipinski definition) is 1. The summed E-state index contributed by atoms with van der Waals surface area (Å²) >= 11 is 3.33. The van der Waals surface area contributed by atoms with Crippen LogP contribution in [-0.2, 0) is 0 Å². The molecule has 0 aliphatic heterocycles. The quantitative estimate of drug-likeness (QED) is 0.848. The lowest BCUT2D eigenvalue weighted by atomic mass is 9.94. The van der Waals surface area contributed by atoms with Crippen LogP contribution in [0.2, 0.25) is 0 Å². The van der Waals surface area contributed by atoms with Crippen LogP contribution in [0.3, 0.4) is 0 Å². The molecule has 1 aromatic rings. The molecule has 84 valence electrons. The van der Waals surface area contributed by atoms with Gasteiger partial charge in [-0.1, -0.05) is 18.9 Å². The van der Waals surface area contributed by atoms with Crippen molar-refractivity contribution in [1.82, 2.24) is 4.98 Å². The van der Waals surface area contributed by atoms with Crippen LogP contribution < -0.4 is 5.73 Å². The number of rotatable bonds is 2. The molecule has 0 saturated heterocycles. The van der Waals surface area contributed by atoms with E-state index in [4.69, 9.17) is 5.73 Å². The highest BCUT2D eigenvalue weighted by molar-refractivity contribution is 9.10. The predicted octanol–water partition coefficient (Wildman–Crippen LogP) is 3.46. The third kappa shape index (κ3) is 3.16. The Kier molecular flexibility index (Phi) is 5.03. The summed E-state index contributed by atoms with van der Waals surface area (Å²) in [6, 6.07) is 4.21. The lowest BCUT2D eigenvalue weighted by Crippen LogP contribution is -2.19. The van der Waals surface area contributed by atoms with Gasteiger partial charge in [-0.3, -0.25) is 0 Å². The van der Waals surface area contributed by atoms with E-state index < -0.39 is 0 Å². The predicted molar refractivity (Wildman–Crippen MR) is 68.1 cm³/mol. The molecule has 4 heteroatoms. The fraction of sp³-hybridized carbons (Fsp3) is 0.545. The molecule has 15 heavy (non-hydrogen) atoms. The van der Waals surface area contributed by atoms with Crippen molar-refractivity contribution in [3.05, 3.63) is 28.5 Å². The van der Waals surface area contributed by atoms with Gasteiger partial charge in [-0.15, -0.1) is 12.4 Å². The summed E-state index contributed by atoms with van der Waals surface area (Å²) in [5.41, 5.74) is 7.36. The molecule has 1 aromatic heterocycles. The van der Waals surface area contributed by atoms with Crippen molar-refractivity contribution < 1.29 is 0 Å². The van der Waals surface area contributed by atoms with Gasteiger partial charge in [0.15, 0.2) is 0 Å². The first-order valence-electron chi connectivity index (χ1n) is 5.14. The molecule has 0 bridgehead atoms. The summed E-state index contributed by atoms with van der Waals surface area (Å²) in [5, 5.41) is 0. The van der Waals surface area contributed by atoms with Gasteiger partial charge in [0.1, 0.15) is 4.60 Å². The lowest BCUT2D eigenvalue weighted by molar-refractivity contribution is 0.444. The average Bonchev–Trinajstić information content (AvgIpc) is 2.71. The molecule has 2 N–H and O–H groups in total. The fourth-order valence-electron chi connectivity index (χ4n) is 2.17. The summed E-state index contributed by atoms with van der Waals surface area (Å²) < 4.78 is 0.875. The third-order valence-corrected chi connectivity index (χ3v) is 3.51. The molecule has 2 rings (SSSR count). The van der Waals surface area contributed by atoms with Gasteiger partial charge in [0.05, 0.1) is 0 Å². The van der Waals surface area contributed by atoms with Gasteiger partial charge in [-0.05, 0) is 46.3 Å². The molecular formula is C11H16BrClN2. The van der Waals surface area contributed by atoms with Gasteiger partial charge >= 0.3 is 0 Å². The van der Waals surface area contributed by atoms with E-state index in [2.05, 4.69) is 27.0 Å². The number of hydrogen-bond acceptors (Lipinski definition) is 2. The largest absolute Gasteiger partial charge is 0.324 e. The van der Waals surface area contributed by atoms with Crippen LogP contribution in [0, 0.1) is 5.92 Å². The Bertz CT molecular complexity index is 296. The molecule has 2 nitrogen and oxygen atoms in total. The Morgan fingerprint density at radius 3 is 2.53 bits per heavy atom. The maximum atomic E-state index is 6.20. The van der Waals surface area contributed by atoms with Crippen LogP contribution in [0.4, 0.5) is 0 Å². The molecule has 1 aliphatic rings. The Balaban J connectivity index is 0.00000112. The van der Waals surface area contributed by atoms with Crippen molar-refractivity contribution in [1.29, 1.82) is 0 Å². The second-order valence-corrected chi connectivity index (χ2v) is 4.80.